The second-order valence-corrected chi connectivity index (χ2v) is 5.46. The highest BCUT2D eigenvalue weighted by molar-refractivity contribution is 5.85. The van der Waals surface area contributed by atoms with Crippen molar-refractivity contribution in [2.45, 2.75) is 31.7 Å². The minimum atomic E-state index is 0. The third-order valence-electron chi connectivity index (χ3n) is 3.85. The average Bonchev–Trinajstić information content (AvgIpc) is 2.78. The maximum Gasteiger partial charge on any atom is 0.231 e. The van der Waals surface area contributed by atoms with E-state index in [1.807, 2.05) is 23.1 Å². The molecule has 21 heavy (non-hydrogen) atoms. The van der Waals surface area contributed by atoms with Gasteiger partial charge in [0.1, 0.15) is 0 Å². The molecule has 2 aliphatic heterocycles. The summed E-state index contributed by atoms with van der Waals surface area (Å²) >= 11 is 0. The molecule has 1 unspecified atom stereocenters. The molecule has 5 nitrogen and oxygen atoms in total. The van der Waals surface area contributed by atoms with E-state index in [4.69, 9.17) is 15.2 Å². The van der Waals surface area contributed by atoms with Crippen LogP contribution in [0, 0.1) is 0 Å². The number of nitrogens with zero attached hydrogens (tertiary/aromatic N) is 1. The van der Waals surface area contributed by atoms with Gasteiger partial charge in [0.05, 0.1) is 6.42 Å². The Hall–Kier alpha value is -1.46. The summed E-state index contributed by atoms with van der Waals surface area (Å²) < 4.78 is 10.6. The lowest BCUT2D eigenvalue weighted by atomic mass is 10.1. The lowest BCUT2D eigenvalue weighted by Crippen LogP contribution is -2.40. The van der Waals surface area contributed by atoms with Gasteiger partial charge in [-0.1, -0.05) is 12.5 Å². The van der Waals surface area contributed by atoms with Gasteiger partial charge in [-0.05, 0) is 30.5 Å². The van der Waals surface area contributed by atoms with E-state index in [2.05, 4.69) is 0 Å². The summed E-state index contributed by atoms with van der Waals surface area (Å²) in [6.07, 6.45) is 3.55. The maximum atomic E-state index is 12.4. The molecule has 2 heterocycles. The summed E-state index contributed by atoms with van der Waals surface area (Å²) in [5.41, 5.74) is 6.96. The number of fused-ring (bicyclic) bond motifs is 1. The van der Waals surface area contributed by atoms with Gasteiger partial charge in [0.25, 0.3) is 0 Å². The number of amides is 1. The van der Waals surface area contributed by atoms with Crippen molar-refractivity contribution in [2.75, 3.05) is 19.9 Å². The van der Waals surface area contributed by atoms with E-state index in [0.29, 0.717) is 13.0 Å². The number of rotatable bonds is 2. The Morgan fingerprint density at radius 2 is 2.10 bits per heavy atom. The molecule has 0 radical (unpaired) electrons. The Kier molecular flexibility index (Phi) is 5.31. The van der Waals surface area contributed by atoms with Gasteiger partial charge in [0.15, 0.2) is 11.5 Å². The maximum absolute atomic E-state index is 12.4. The number of carbonyl (C=O) groups excluding carboxylic acids is 1. The second kappa shape index (κ2) is 7.00. The Morgan fingerprint density at radius 1 is 1.29 bits per heavy atom. The van der Waals surface area contributed by atoms with Crippen LogP contribution < -0.4 is 15.2 Å². The van der Waals surface area contributed by atoms with E-state index in [0.717, 1.165) is 42.9 Å². The first-order valence-corrected chi connectivity index (χ1v) is 7.14. The highest BCUT2D eigenvalue weighted by Crippen LogP contribution is 2.32. The minimum absolute atomic E-state index is 0. The normalized spacial score (nSPS) is 20.6. The predicted octanol–water partition coefficient (Wildman–Crippen LogP) is 1.72. The third kappa shape index (κ3) is 3.80. The number of likely N-dealkylation sites (tertiary alicyclic amines) is 1. The van der Waals surface area contributed by atoms with Gasteiger partial charge in [-0.25, -0.2) is 0 Å². The fourth-order valence-electron chi connectivity index (χ4n) is 2.74. The fourth-order valence-corrected chi connectivity index (χ4v) is 2.74. The van der Waals surface area contributed by atoms with Crippen molar-refractivity contribution in [1.82, 2.24) is 4.90 Å². The topological polar surface area (TPSA) is 64.8 Å². The van der Waals surface area contributed by atoms with Crippen LogP contribution in [0.3, 0.4) is 0 Å². The van der Waals surface area contributed by atoms with Crippen molar-refractivity contribution in [3.05, 3.63) is 23.8 Å². The Morgan fingerprint density at radius 3 is 2.95 bits per heavy atom. The third-order valence-corrected chi connectivity index (χ3v) is 3.85. The molecule has 1 aromatic carbocycles. The van der Waals surface area contributed by atoms with E-state index >= 15 is 0 Å². The van der Waals surface area contributed by atoms with Gasteiger partial charge in [-0.15, -0.1) is 12.4 Å². The summed E-state index contributed by atoms with van der Waals surface area (Å²) in [7, 11) is 0. The lowest BCUT2D eigenvalue weighted by Gasteiger charge is -2.22. The number of carbonyl (C=O) groups is 1. The monoisotopic (exact) mass is 312 g/mol. The molecule has 1 amide bonds. The smallest absolute Gasteiger partial charge is 0.231 e. The van der Waals surface area contributed by atoms with Crippen LogP contribution in [-0.4, -0.2) is 36.7 Å². The molecule has 0 aliphatic carbocycles. The molecule has 1 fully saturated rings. The van der Waals surface area contributed by atoms with E-state index in [9.17, 15) is 4.79 Å². The molecule has 6 heteroatoms. The summed E-state index contributed by atoms with van der Waals surface area (Å²) in [4.78, 5) is 14.3. The van der Waals surface area contributed by atoms with E-state index in [1.165, 1.54) is 0 Å². The molecule has 0 saturated carbocycles. The van der Waals surface area contributed by atoms with E-state index in [-0.39, 0.29) is 31.1 Å². The number of ether oxygens (including phenoxy) is 2. The molecule has 0 aromatic heterocycles. The van der Waals surface area contributed by atoms with Crippen molar-refractivity contribution in [3.63, 3.8) is 0 Å². The molecule has 0 bridgehead atoms. The number of nitrogens with two attached hydrogens (primary N) is 1. The van der Waals surface area contributed by atoms with Crippen LogP contribution in [0.5, 0.6) is 11.5 Å². The predicted molar refractivity (Wildman–Crippen MR) is 81.9 cm³/mol. The fraction of sp³-hybridized carbons (Fsp3) is 0.533. The number of halogens is 1. The molecule has 2 N–H and O–H groups in total. The molecule has 3 rings (SSSR count). The minimum Gasteiger partial charge on any atom is -0.454 e. The van der Waals surface area contributed by atoms with Gasteiger partial charge in [0, 0.05) is 19.1 Å². The first-order valence-electron chi connectivity index (χ1n) is 7.14. The summed E-state index contributed by atoms with van der Waals surface area (Å²) in [6.45, 7) is 1.74. The van der Waals surface area contributed by atoms with Gasteiger partial charge in [-0.2, -0.15) is 0 Å². The van der Waals surface area contributed by atoms with Crippen molar-refractivity contribution in [2.24, 2.45) is 5.73 Å². The number of hydrogen-bond acceptors (Lipinski definition) is 4. The molecular weight excluding hydrogens is 292 g/mol. The van der Waals surface area contributed by atoms with Crippen LogP contribution in [0.15, 0.2) is 18.2 Å². The zero-order valence-corrected chi connectivity index (χ0v) is 12.7. The largest absolute Gasteiger partial charge is 0.454 e. The highest BCUT2D eigenvalue weighted by atomic mass is 35.5. The van der Waals surface area contributed by atoms with Crippen LogP contribution >= 0.6 is 12.4 Å². The first kappa shape index (κ1) is 15.9. The van der Waals surface area contributed by atoms with Crippen molar-refractivity contribution >= 4 is 18.3 Å². The first-order chi connectivity index (χ1) is 9.72. The Labute approximate surface area is 130 Å². The SMILES string of the molecule is Cl.NC1CCCCN(C(=O)Cc2ccc3c(c2)OCO3)C1. The second-order valence-electron chi connectivity index (χ2n) is 5.46. The molecule has 1 atom stereocenters. The van der Waals surface area contributed by atoms with Gasteiger partial charge in [-0.3, -0.25) is 4.79 Å². The molecular formula is C15H21ClN2O3. The average molecular weight is 313 g/mol. The van der Waals surface area contributed by atoms with Crippen LogP contribution in [0.4, 0.5) is 0 Å². The summed E-state index contributed by atoms with van der Waals surface area (Å²) in [5, 5.41) is 0. The Bertz CT molecular complexity index is 510. The van der Waals surface area contributed by atoms with Gasteiger partial charge < -0.3 is 20.1 Å². The van der Waals surface area contributed by atoms with Crippen LogP contribution in [-0.2, 0) is 11.2 Å². The van der Waals surface area contributed by atoms with Gasteiger partial charge in [0.2, 0.25) is 12.7 Å². The zero-order chi connectivity index (χ0) is 13.9. The zero-order valence-electron chi connectivity index (χ0n) is 11.9. The van der Waals surface area contributed by atoms with Crippen LogP contribution in [0.25, 0.3) is 0 Å². The van der Waals surface area contributed by atoms with Crippen molar-refractivity contribution in [1.29, 1.82) is 0 Å². The standard InChI is InChI=1S/C15H20N2O3.ClH/c16-12-3-1-2-6-17(9-12)15(18)8-11-4-5-13-14(7-11)20-10-19-13;/h4-5,7,12H,1-3,6,8-10,16H2;1H. The quantitative estimate of drug-likeness (QED) is 0.903. The lowest BCUT2D eigenvalue weighted by molar-refractivity contribution is -0.130. The number of hydrogen-bond donors (Lipinski definition) is 1. The van der Waals surface area contributed by atoms with Crippen molar-refractivity contribution in [3.8, 4) is 11.5 Å². The van der Waals surface area contributed by atoms with Crippen LogP contribution in [0.1, 0.15) is 24.8 Å². The molecule has 1 aromatic rings. The number of benzene rings is 1. The summed E-state index contributed by atoms with van der Waals surface area (Å²) in [5.74, 6) is 1.61. The van der Waals surface area contributed by atoms with Crippen LogP contribution in [0.2, 0.25) is 0 Å². The molecule has 1 saturated heterocycles. The molecule has 0 spiro atoms. The Balaban J connectivity index is 0.00000161. The molecule has 2 aliphatic rings. The van der Waals surface area contributed by atoms with Gasteiger partial charge >= 0.3 is 0 Å². The van der Waals surface area contributed by atoms with Crippen molar-refractivity contribution < 1.29 is 14.3 Å². The van der Waals surface area contributed by atoms with E-state index in [1.54, 1.807) is 0 Å². The van der Waals surface area contributed by atoms with E-state index < -0.39 is 0 Å². The molecule has 116 valence electrons. The highest BCUT2D eigenvalue weighted by Gasteiger charge is 2.21. The summed E-state index contributed by atoms with van der Waals surface area (Å²) in [6, 6.07) is 5.78.